The monoisotopic (exact) mass is 607 g/mol. The van der Waals surface area contributed by atoms with Crippen molar-refractivity contribution in [2.75, 3.05) is 13.2 Å². The highest BCUT2D eigenvalue weighted by Gasteiger charge is 2.60. The standard InChI is InChI=1S/C32H49NO10/c1-8-38-24(7)42-31-28(43-25(16-30(36)37)17-32(31)18-39-32)13-10-19(2)9-12-27-20(3)15-26(22(5)41-27)33-29(35)14-11-21(4)40-23(6)34/h9-11,13-14,20-22,24-28,31H,8,12,15-18H2,1-7H3,(H,33,35)(H,36,37)/b13-10+,14-11-,19-9+/t20-,21?,22+,24?,25+,26+,27-,28+,31+,32+/m0/s1. The smallest absolute Gasteiger partial charge is 0.305 e. The molecule has 3 saturated heterocycles. The number of nitrogens with one attached hydrogen (secondary N) is 1. The second-order valence-corrected chi connectivity index (χ2v) is 11.9. The molecule has 0 aliphatic carbocycles. The molecule has 11 nitrogen and oxygen atoms in total. The molecule has 43 heavy (non-hydrogen) atoms. The van der Waals surface area contributed by atoms with Crippen LogP contribution in [0.25, 0.3) is 0 Å². The Kier molecular flexibility index (Phi) is 12.9. The Balaban J connectivity index is 1.58. The van der Waals surface area contributed by atoms with Crippen molar-refractivity contribution >= 4 is 17.8 Å². The summed E-state index contributed by atoms with van der Waals surface area (Å²) in [6, 6.07) is -0.132. The lowest BCUT2D eigenvalue weighted by molar-refractivity contribution is -0.227. The lowest BCUT2D eigenvalue weighted by atomic mass is 9.87. The fourth-order valence-electron chi connectivity index (χ4n) is 5.74. The molecule has 2 unspecified atom stereocenters. The molecule has 2 N–H and O–H groups in total. The maximum atomic E-state index is 12.4. The summed E-state index contributed by atoms with van der Waals surface area (Å²) in [6.07, 6.45) is 8.27. The van der Waals surface area contributed by atoms with Crippen molar-refractivity contribution in [1.29, 1.82) is 0 Å². The van der Waals surface area contributed by atoms with Gasteiger partial charge in [-0.15, -0.1) is 0 Å². The number of carbonyl (C=O) groups excluding carboxylic acids is 2. The van der Waals surface area contributed by atoms with E-state index in [1.54, 1.807) is 13.0 Å². The number of carboxylic acid groups (broad SMARTS) is 1. The Labute approximate surface area is 254 Å². The van der Waals surface area contributed by atoms with Crippen molar-refractivity contribution in [3.05, 3.63) is 36.0 Å². The molecule has 10 atom stereocenters. The molecule has 3 aliphatic rings. The molecule has 1 spiro atoms. The van der Waals surface area contributed by atoms with Crippen LogP contribution in [0.4, 0.5) is 0 Å². The first-order valence-electron chi connectivity index (χ1n) is 15.3. The zero-order chi connectivity index (χ0) is 31.7. The van der Waals surface area contributed by atoms with Crippen molar-refractivity contribution in [3.8, 4) is 0 Å². The molecule has 1 amide bonds. The van der Waals surface area contributed by atoms with E-state index >= 15 is 0 Å². The Bertz CT molecular complexity index is 1050. The third-order valence-corrected chi connectivity index (χ3v) is 8.03. The van der Waals surface area contributed by atoms with Crippen LogP contribution in [0.5, 0.6) is 0 Å². The number of carboxylic acids is 1. The van der Waals surface area contributed by atoms with Crippen LogP contribution in [0.2, 0.25) is 0 Å². The third kappa shape index (κ3) is 10.8. The van der Waals surface area contributed by atoms with Crippen molar-refractivity contribution < 1.29 is 47.9 Å². The molecule has 0 saturated carbocycles. The molecule has 3 rings (SSSR count). The van der Waals surface area contributed by atoms with Gasteiger partial charge in [0.2, 0.25) is 5.91 Å². The normalized spacial score (nSPS) is 34.3. The molecule has 11 heteroatoms. The average molecular weight is 608 g/mol. The van der Waals surface area contributed by atoms with Gasteiger partial charge in [-0.3, -0.25) is 14.4 Å². The Morgan fingerprint density at radius 2 is 1.86 bits per heavy atom. The number of aliphatic carboxylic acids is 1. The number of amides is 1. The molecule has 3 heterocycles. The predicted molar refractivity (Wildman–Crippen MR) is 158 cm³/mol. The van der Waals surface area contributed by atoms with Crippen molar-refractivity contribution in [2.45, 2.75) is 129 Å². The molecule has 242 valence electrons. The van der Waals surface area contributed by atoms with E-state index < -0.39 is 48.2 Å². The van der Waals surface area contributed by atoms with Crippen LogP contribution in [0.15, 0.2) is 36.0 Å². The quantitative estimate of drug-likeness (QED) is 0.0983. The Morgan fingerprint density at radius 1 is 1.14 bits per heavy atom. The number of hydrogen-bond acceptors (Lipinski definition) is 9. The van der Waals surface area contributed by atoms with Gasteiger partial charge < -0.3 is 38.8 Å². The largest absolute Gasteiger partial charge is 0.481 e. The van der Waals surface area contributed by atoms with Crippen LogP contribution in [-0.2, 0) is 42.8 Å². The van der Waals surface area contributed by atoms with Gasteiger partial charge in [-0.25, -0.2) is 0 Å². The van der Waals surface area contributed by atoms with Crippen LogP contribution in [0.1, 0.15) is 74.1 Å². The summed E-state index contributed by atoms with van der Waals surface area (Å²) in [5.74, 6) is -1.35. The Morgan fingerprint density at radius 3 is 2.49 bits per heavy atom. The lowest BCUT2D eigenvalue weighted by Crippen LogP contribution is -2.53. The maximum Gasteiger partial charge on any atom is 0.305 e. The van der Waals surface area contributed by atoms with Gasteiger partial charge in [-0.05, 0) is 59.5 Å². The van der Waals surface area contributed by atoms with Gasteiger partial charge in [-0.2, -0.15) is 0 Å². The van der Waals surface area contributed by atoms with Gasteiger partial charge in [0.25, 0.3) is 0 Å². The van der Waals surface area contributed by atoms with Crippen LogP contribution < -0.4 is 5.32 Å². The van der Waals surface area contributed by atoms with Gasteiger partial charge >= 0.3 is 11.9 Å². The summed E-state index contributed by atoms with van der Waals surface area (Å²) in [4.78, 5) is 34.9. The minimum atomic E-state index is -0.912. The zero-order valence-corrected chi connectivity index (χ0v) is 26.4. The summed E-state index contributed by atoms with van der Waals surface area (Å²) < 4.78 is 35.1. The molecule has 0 radical (unpaired) electrons. The summed E-state index contributed by atoms with van der Waals surface area (Å²) in [5, 5.41) is 12.4. The van der Waals surface area contributed by atoms with E-state index in [4.69, 9.17) is 28.4 Å². The molecule has 3 aliphatic heterocycles. The third-order valence-electron chi connectivity index (χ3n) is 8.03. The molecule has 3 fully saturated rings. The van der Waals surface area contributed by atoms with Crippen molar-refractivity contribution in [2.24, 2.45) is 5.92 Å². The van der Waals surface area contributed by atoms with Gasteiger partial charge in [0.15, 0.2) is 6.29 Å². The fourth-order valence-corrected chi connectivity index (χ4v) is 5.74. The average Bonchev–Trinajstić information content (AvgIpc) is 3.68. The van der Waals surface area contributed by atoms with E-state index in [0.29, 0.717) is 26.1 Å². The number of ether oxygens (including phenoxy) is 6. The van der Waals surface area contributed by atoms with E-state index in [1.165, 1.54) is 13.0 Å². The predicted octanol–water partition coefficient (Wildman–Crippen LogP) is 3.85. The molecule has 0 aromatic heterocycles. The van der Waals surface area contributed by atoms with Gasteiger partial charge in [0.1, 0.15) is 23.9 Å². The lowest BCUT2D eigenvalue weighted by Gasteiger charge is -2.40. The number of rotatable bonds is 14. The highest BCUT2D eigenvalue weighted by atomic mass is 16.7. The Hall–Kier alpha value is -2.57. The number of esters is 1. The zero-order valence-electron chi connectivity index (χ0n) is 26.4. The summed E-state index contributed by atoms with van der Waals surface area (Å²) in [5.41, 5.74) is 0.442. The minimum Gasteiger partial charge on any atom is -0.481 e. The van der Waals surface area contributed by atoms with E-state index in [1.807, 2.05) is 39.8 Å². The van der Waals surface area contributed by atoms with Crippen molar-refractivity contribution in [1.82, 2.24) is 5.32 Å². The molecular weight excluding hydrogens is 558 g/mol. The topological polar surface area (TPSA) is 142 Å². The van der Waals surface area contributed by atoms with Crippen LogP contribution >= 0.6 is 0 Å². The minimum absolute atomic E-state index is 0.0110. The van der Waals surface area contributed by atoms with Gasteiger partial charge in [0, 0.05) is 26.0 Å². The van der Waals surface area contributed by atoms with E-state index in [-0.39, 0.29) is 36.5 Å². The molecular formula is C32H49NO10. The first-order valence-corrected chi connectivity index (χ1v) is 15.3. The maximum absolute atomic E-state index is 12.4. The first-order chi connectivity index (χ1) is 20.3. The van der Waals surface area contributed by atoms with Crippen LogP contribution in [0.3, 0.4) is 0 Å². The van der Waals surface area contributed by atoms with E-state index in [9.17, 15) is 19.5 Å². The summed E-state index contributed by atoms with van der Waals surface area (Å²) >= 11 is 0. The van der Waals surface area contributed by atoms with E-state index in [2.05, 4.69) is 18.3 Å². The summed E-state index contributed by atoms with van der Waals surface area (Å²) in [7, 11) is 0. The highest BCUT2D eigenvalue weighted by molar-refractivity contribution is 5.87. The van der Waals surface area contributed by atoms with Crippen molar-refractivity contribution in [3.63, 3.8) is 0 Å². The molecule has 0 bridgehead atoms. The van der Waals surface area contributed by atoms with Crippen LogP contribution in [-0.4, -0.2) is 90.7 Å². The van der Waals surface area contributed by atoms with E-state index in [0.717, 1.165) is 12.0 Å². The fraction of sp³-hybridized carbons (Fsp3) is 0.719. The second kappa shape index (κ2) is 15.9. The first kappa shape index (κ1) is 34.9. The van der Waals surface area contributed by atoms with Gasteiger partial charge in [0.05, 0.1) is 37.4 Å². The number of epoxide rings is 1. The summed E-state index contributed by atoms with van der Waals surface area (Å²) in [6.45, 7) is 13.8. The number of carbonyl (C=O) groups is 3. The number of allylic oxidation sites excluding steroid dienone is 2. The second-order valence-electron chi connectivity index (χ2n) is 11.9. The molecule has 0 aromatic rings. The van der Waals surface area contributed by atoms with Gasteiger partial charge in [-0.1, -0.05) is 30.7 Å². The van der Waals surface area contributed by atoms with Crippen LogP contribution in [0, 0.1) is 5.92 Å². The number of hydrogen-bond donors (Lipinski definition) is 2. The SMILES string of the molecule is CCOC(C)O[C@@H]1[C@@H](/C=C/C(C)=C/C[C@@H]2O[C@H](C)[C@H](NC(=O)/C=C\C(C)OC(C)=O)C[C@@H]2C)O[C@H](CC(=O)O)C[C@@]12CO2. The molecule has 0 aromatic carbocycles. The highest BCUT2D eigenvalue weighted by Crippen LogP contribution is 2.45.